The molecule has 0 fully saturated rings. The van der Waals surface area contributed by atoms with Crippen molar-refractivity contribution in [1.29, 1.82) is 0 Å². The zero-order chi connectivity index (χ0) is 13.8. The van der Waals surface area contributed by atoms with Gasteiger partial charge in [0.15, 0.2) is 0 Å². The van der Waals surface area contributed by atoms with Crippen LogP contribution in [0.15, 0.2) is 27.6 Å². The smallest absolute Gasteiger partial charge is 0.336 e. The molecule has 0 spiro atoms. The van der Waals surface area contributed by atoms with Gasteiger partial charge in [-0.05, 0) is 47.0 Å². The van der Waals surface area contributed by atoms with Crippen molar-refractivity contribution in [2.45, 2.75) is 37.2 Å². The first-order valence-corrected chi connectivity index (χ1v) is 7.57. The van der Waals surface area contributed by atoms with E-state index >= 15 is 0 Å². The first-order valence-electron chi connectivity index (χ1n) is 5.80. The normalized spacial score (nSPS) is 11.6. The highest BCUT2D eigenvalue weighted by Crippen LogP contribution is 2.29. The summed E-state index contributed by atoms with van der Waals surface area (Å²) < 4.78 is 0.570. The van der Waals surface area contributed by atoms with Gasteiger partial charge in [-0.2, -0.15) is 0 Å². The van der Waals surface area contributed by atoms with Gasteiger partial charge >= 0.3 is 5.97 Å². The summed E-state index contributed by atoms with van der Waals surface area (Å²) in [6.07, 6.45) is 1.39. The van der Waals surface area contributed by atoms with Crippen molar-refractivity contribution in [2.75, 3.05) is 5.75 Å². The third-order valence-corrected chi connectivity index (χ3v) is 4.95. The molecule has 0 saturated carbocycles. The summed E-state index contributed by atoms with van der Waals surface area (Å²) in [5, 5.41) is 19.2. The zero-order valence-corrected chi connectivity index (χ0v) is 12.8. The minimum Gasteiger partial charge on any atom is -0.478 e. The maximum absolute atomic E-state index is 11.0. The molecule has 0 aromatic heterocycles. The van der Waals surface area contributed by atoms with Crippen molar-refractivity contribution in [3.05, 3.63) is 28.2 Å². The lowest BCUT2D eigenvalue weighted by Gasteiger charge is -2.24. The summed E-state index contributed by atoms with van der Waals surface area (Å²) in [7, 11) is 0. The Labute approximate surface area is 120 Å². The Morgan fingerprint density at radius 1 is 1.39 bits per heavy atom. The molecule has 100 valence electrons. The van der Waals surface area contributed by atoms with E-state index in [9.17, 15) is 9.90 Å². The second-order valence-electron chi connectivity index (χ2n) is 4.17. The lowest BCUT2D eigenvalue weighted by atomic mass is 10.0. The van der Waals surface area contributed by atoms with E-state index in [0.717, 1.165) is 4.90 Å². The van der Waals surface area contributed by atoms with Gasteiger partial charge in [0.25, 0.3) is 0 Å². The molecule has 0 aliphatic carbocycles. The van der Waals surface area contributed by atoms with Crippen molar-refractivity contribution in [1.82, 2.24) is 0 Å². The van der Waals surface area contributed by atoms with E-state index in [4.69, 9.17) is 5.11 Å². The minimum atomic E-state index is -0.953. The summed E-state index contributed by atoms with van der Waals surface area (Å²) >= 11 is 4.69. The number of thioether (sulfide) groups is 1. The van der Waals surface area contributed by atoms with Gasteiger partial charge in [0.05, 0.1) is 11.2 Å². The van der Waals surface area contributed by atoms with E-state index in [0.29, 0.717) is 23.1 Å². The SMILES string of the molecule is CCC(O)(CC)CSc1ccc(Br)c(C(=O)O)c1. The van der Waals surface area contributed by atoms with Gasteiger partial charge in [-0.1, -0.05) is 13.8 Å². The summed E-state index contributed by atoms with van der Waals surface area (Å²) in [6, 6.07) is 5.21. The fourth-order valence-electron chi connectivity index (χ4n) is 1.43. The van der Waals surface area contributed by atoms with Crippen LogP contribution >= 0.6 is 27.7 Å². The molecule has 0 aliphatic heterocycles. The molecule has 1 aromatic rings. The van der Waals surface area contributed by atoms with Gasteiger partial charge in [0, 0.05) is 15.1 Å². The van der Waals surface area contributed by atoms with Crippen LogP contribution in [0.4, 0.5) is 0 Å². The minimum absolute atomic E-state index is 0.247. The van der Waals surface area contributed by atoms with Gasteiger partial charge in [0.1, 0.15) is 0 Å². The van der Waals surface area contributed by atoms with Gasteiger partial charge in [0.2, 0.25) is 0 Å². The van der Waals surface area contributed by atoms with Gasteiger partial charge < -0.3 is 10.2 Å². The van der Waals surface area contributed by atoms with Crippen LogP contribution < -0.4 is 0 Å². The Morgan fingerprint density at radius 3 is 2.50 bits per heavy atom. The van der Waals surface area contributed by atoms with Crippen LogP contribution in [0.1, 0.15) is 37.0 Å². The third-order valence-electron chi connectivity index (χ3n) is 2.99. The number of aliphatic hydroxyl groups is 1. The van der Waals surface area contributed by atoms with Crippen LogP contribution in [0, 0.1) is 0 Å². The fraction of sp³-hybridized carbons (Fsp3) is 0.462. The Morgan fingerprint density at radius 2 is 2.00 bits per heavy atom. The Bertz CT molecular complexity index is 430. The number of carboxylic acids is 1. The number of halogens is 1. The summed E-state index contributed by atoms with van der Waals surface area (Å²) in [6.45, 7) is 3.91. The molecule has 5 heteroatoms. The maximum Gasteiger partial charge on any atom is 0.336 e. The number of carbonyl (C=O) groups is 1. The zero-order valence-electron chi connectivity index (χ0n) is 10.4. The van der Waals surface area contributed by atoms with Crippen LogP contribution in [-0.2, 0) is 0 Å². The molecule has 0 atom stereocenters. The highest BCUT2D eigenvalue weighted by atomic mass is 79.9. The number of benzene rings is 1. The molecule has 0 radical (unpaired) electrons. The van der Waals surface area contributed by atoms with Gasteiger partial charge in [-0.25, -0.2) is 4.79 Å². The van der Waals surface area contributed by atoms with Crippen molar-refractivity contribution < 1.29 is 15.0 Å². The van der Waals surface area contributed by atoms with Crippen LogP contribution in [0.5, 0.6) is 0 Å². The quantitative estimate of drug-likeness (QED) is 0.778. The molecular formula is C13H17BrO3S. The van der Waals surface area contributed by atoms with E-state index in [1.165, 1.54) is 11.8 Å². The average Bonchev–Trinajstić information content (AvgIpc) is 2.37. The molecular weight excluding hydrogens is 316 g/mol. The van der Waals surface area contributed by atoms with Gasteiger partial charge in [-0.15, -0.1) is 11.8 Å². The van der Waals surface area contributed by atoms with Crippen molar-refractivity contribution in [3.63, 3.8) is 0 Å². The van der Waals surface area contributed by atoms with E-state index in [1.54, 1.807) is 12.1 Å². The third kappa shape index (κ3) is 4.00. The molecule has 0 amide bonds. The van der Waals surface area contributed by atoms with Crippen LogP contribution in [-0.4, -0.2) is 27.5 Å². The molecule has 0 heterocycles. The topological polar surface area (TPSA) is 57.5 Å². The Kier molecular flexibility index (Phi) is 5.69. The predicted octanol–water partition coefficient (Wildman–Crippen LogP) is 3.79. The lowest BCUT2D eigenvalue weighted by Crippen LogP contribution is -2.29. The maximum atomic E-state index is 11.0. The number of hydrogen-bond donors (Lipinski definition) is 2. The molecule has 1 rings (SSSR count). The molecule has 0 unspecified atom stereocenters. The van der Waals surface area contributed by atoms with E-state index in [1.807, 2.05) is 19.9 Å². The first-order chi connectivity index (χ1) is 8.41. The van der Waals surface area contributed by atoms with Crippen molar-refractivity contribution in [2.24, 2.45) is 0 Å². The van der Waals surface area contributed by atoms with Crippen molar-refractivity contribution >= 4 is 33.7 Å². The number of hydrogen-bond acceptors (Lipinski definition) is 3. The molecule has 0 bridgehead atoms. The van der Waals surface area contributed by atoms with E-state index in [2.05, 4.69) is 15.9 Å². The number of carboxylic acid groups (broad SMARTS) is 1. The standard InChI is InChI=1S/C13H17BrO3S/c1-3-13(17,4-2)8-18-9-5-6-11(14)10(7-9)12(15)16/h5-7,17H,3-4,8H2,1-2H3,(H,15,16). The van der Waals surface area contributed by atoms with E-state index in [-0.39, 0.29) is 5.56 Å². The molecule has 2 N–H and O–H groups in total. The van der Waals surface area contributed by atoms with Crippen molar-refractivity contribution in [3.8, 4) is 0 Å². The lowest BCUT2D eigenvalue weighted by molar-refractivity contribution is 0.0571. The second-order valence-corrected chi connectivity index (χ2v) is 6.07. The van der Waals surface area contributed by atoms with Crippen LogP contribution in [0.25, 0.3) is 0 Å². The molecule has 0 aliphatic rings. The van der Waals surface area contributed by atoms with E-state index < -0.39 is 11.6 Å². The summed E-state index contributed by atoms with van der Waals surface area (Å²) in [5.41, 5.74) is -0.433. The summed E-state index contributed by atoms with van der Waals surface area (Å²) in [5.74, 6) is -0.383. The van der Waals surface area contributed by atoms with Crippen LogP contribution in [0.3, 0.4) is 0 Å². The largest absolute Gasteiger partial charge is 0.478 e. The summed E-state index contributed by atoms with van der Waals surface area (Å²) in [4.78, 5) is 11.9. The molecule has 3 nitrogen and oxygen atoms in total. The predicted molar refractivity (Wildman–Crippen MR) is 77.4 cm³/mol. The van der Waals surface area contributed by atoms with Crippen LogP contribution in [0.2, 0.25) is 0 Å². The number of aromatic carboxylic acids is 1. The monoisotopic (exact) mass is 332 g/mol. The molecule has 1 aromatic carbocycles. The average molecular weight is 333 g/mol. The van der Waals surface area contributed by atoms with Gasteiger partial charge in [-0.3, -0.25) is 0 Å². The molecule has 0 saturated heterocycles. The Hall–Kier alpha value is -0.520. The highest BCUT2D eigenvalue weighted by Gasteiger charge is 2.22. The Balaban J connectivity index is 2.80. The highest BCUT2D eigenvalue weighted by molar-refractivity contribution is 9.10. The molecule has 18 heavy (non-hydrogen) atoms. The second kappa shape index (κ2) is 6.59. The fourth-order valence-corrected chi connectivity index (χ4v) is 3.06. The number of rotatable bonds is 6. The first kappa shape index (κ1) is 15.5.